The molecule has 7 heteroatoms. The van der Waals surface area contributed by atoms with Crippen molar-refractivity contribution >= 4 is 24.4 Å². The number of hydrogen-bond acceptors (Lipinski definition) is 5. The molecule has 0 amide bonds. The van der Waals surface area contributed by atoms with Gasteiger partial charge in [0.2, 0.25) is 8.32 Å². The summed E-state index contributed by atoms with van der Waals surface area (Å²) < 4.78 is 33.8. The van der Waals surface area contributed by atoms with E-state index in [4.69, 9.17) is 8.61 Å². The summed E-state index contributed by atoms with van der Waals surface area (Å²) in [6, 6.07) is 7.68. The fourth-order valence-electron chi connectivity index (χ4n) is 1.26. The summed E-state index contributed by atoms with van der Waals surface area (Å²) in [5.74, 6) is -0.654. The van der Waals surface area contributed by atoms with E-state index in [1.165, 1.54) is 19.1 Å². The predicted molar refractivity (Wildman–Crippen MR) is 73.6 cm³/mol. The quantitative estimate of drug-likeness (QED) is 0.616. The largest absolute Gasteiger partial charge is 0.518 e. The summed E-state index contributed by atoms with van der Waals surface area (Å²) in [5.41, 5.74) is 0. The average Bonchev–Trinajstić information content (AvgIpc) is 2.27. The second kappa shape index (κ2) is 5.85. The van der Waals surface area contributed by atoms with Crippen LogP contribution in [0, 0.1) is 0 Å². The number of benzene rings is 1. The normalized spacial score (nSPS) is 13.9. The Morgan fingerprint density at radius 2 is 1.68 bits per heavy atom. The topological polar surface area (TPSA) is 69.7 Å². The van der Waals surface area contributed by atoms with E-state index < -0.39 is 30.5 Å². The fourth-order valence-corrected chi connectivity index (χ4v) is 3.09. The molecule has 0 fully saturated rings. The molecule has 0 aliphatic carbocycles. The molecule has 0 N–H and O–H groups in total. The molecule has 1 rings (SSSR count). The average molecular weight is 302 g/mol. The molecule has 0 bridgehead atoms. The lowest BCUT2D eigenvalue weighted by Crippen LogP contribution is -2.36. The van der Waals surface area contributed by atoms with Crippen LogP contribution in [0.1, 0.15) is 6.92 Å². The van der Waals surface area contributed by atoms with Crippen molar-refractivity contribution < 1.29 is 21.8 Å². The van der Waals surface area contributed by atoms with Crippen molar-refractivity contribution in [1.82, 2.24) is 0 Å². The van der Waals surface area contributed by atoms with E-state index in [2.05, 4.69) is 0 Å². The van der Waals surface area contributed by atoms with Crippen LogP contribution < -0.4 is 0 Å². The second-order valence-electron chi connectivity index (χ2n) is 5.04. The summed E-state index contributed by atoms with van der Waals surface area (Å²) in [4.78, 5) is 11.7. The van der Waals surface area contributed by atoms with Crippen LogP contribution in [0.3, 0.4) is 0 Å². The third kappa shape index (κ3) is 5.13. The van der Waals surface area contributed by atoms with E-state index in [0.29, 0.717) is 0 Å². The Labute approximate surface area is 114 Å². The van der Waals surface area contributed by atoms with Crippen LogP contribution >= 0.6 is 0 Å². The van der Waals surface area contributed by atoms with Gasteiger partial charge >= 0.3 is 5.97 Å². The van der Waals surface area contributed by atoms with E-state index in [1.54, 1.807) is 18.2 Å². The van der Waals surface area contributed by atoms with Crippen molar-refractivity contribution in [3.05, 3.63) is 30.3 Å². The molecule has 1 aromatic rings. The van der Waals surface area contributed by atoms with E-state index in [9.17, 15) is 13.2 Å². The zero-order chi connectivity index (χ0) is 14.7. The van der Waals surface area contributed by atoms with Gasteiger partial charge in [-0.2, -0.15) is 8.42 Å². The highest BCUT2D eigenvalue weighted by atomic mass is 32.2. The maximum Gasteiger partial charge on any atom is 0.323 e. The molecule has 0 spiro atoms. The molecule has 0 aromatic heterocycles. The molecule has 5 nitrogen and oxygen atoms in total. The maximum atomic E-state index is 11.9. The first-order valence-electron chi connectivity index (χ1n) is 5.83. The first kappa shape index (κ1) is 15.9. The minimum atomic E-state index is -3.95. The van der Waals surface area contributed by atoms with Gasteiger partial charge in [-0.1, -0.05) is 18.2 Å². The van der Waals surface area contributed by atoms with Gasteiger partial charge in [0.05, 0.1) is 4.90 Å². The molecule has 19 heavy (non-hydrogen) atoms. The van der Waals surface area contributed by atoms with Crippen LogP contribution in [0.5, 0.6) is 0 Å². The summed E-state index contributed by atoms with van der Waals surface area (Å²) in [6.07, 6.45) is -1.16. The van der Waals surface area contributed by atoms with Gasteiger partial charge in [-0.05, 0) is 38.7 Å². The van der Waals surface area contributed by atoms with E-state index in [0.717, 1.165) is 0 Å². The third-order valence-electron chi connectivity index (χ3n) is 2.04. The van der Waals surface area contributed by atoms with Gasteiger partial charge in [0.25, 0.3) is 10.1 Å². The van der Waals surface area contributed by atoms with E-state index in [1.807, 2.05) is 19.6 Å². The molecule has 0 saturated carbocycles. The van der Waals surface area contributed by atoms with Gasteiger partial charge in [0, 0.05) is 0 Å². The molecule has 1 aromatic carbocycles. The molecule has 1 unspecified atom stereocenters. The van der Waals surface area contributed by atoms with Crippen molar-refractivity contribution in [2.75, 3.05) is 0 Å². The van der Waals surface area contributed by atoms with Crippen LogP contribution in [-0.2, 0) is 23.5 Å². The SMILES string of the molecule is CC(OS(=O)(=O)c1ccccc1)C(=O)O[Si](C)(C)C. The van der Waals surface area contributed by atoms with Crippen LogP contribution in [0.2, 0.25) is 19.6 Å². The highest BCUT2D eigenvalue weighted by Gasteiger charge is 2.28. The molecule has 0 heterocycles. The van der Waals surface area contributed by atoms with Crippen molar-refractivity contribution in [3.63, 3.8) is 0 Å². The van der Waals surface area contributed by atoms with Gasteiger partial charge in [-0.3, -0.25) is 8.98 Å². The third-order valence-corrected chi connectivity index (χ3v) is 4.25. The molecule has 106 valence electrons. The minimum absolute atomic E-state index is 0.0163. The van der Waals surface area contributed by atoms with E-state index in [-0.39, 0.29) is 4.90 Å². The number of rotatable bonds is 5. The Kier molecular flexibility index (Phi) is 4.89. The van der Waals surface area contributed by atoms with Crippen molar-refractivity contribution in [1.29, 1.82) is 0 Å². The lowest BCUT2D eigenvalue weighted by atomic mass is 10.4. The molecule has 0 radical (unpaired) electrons. The first-order valence-corrected chi connectivity index (χ1v) is 10.6. The number of carbonyl (C=O) groups excluding carboxylic acids is 1. The molecular weight excluding hydrogens is 284 g/mol. The highest BCUT2D eigenvalue weighted by Crippen LogP contribution is 2.15. The van der Waals surface area contributed by atoms with Crippen LogP contribution in [0.4, 0.5) is 0 Å². The van der Waals surface area contributed by atoms with Gasteiger partial charge in [0.1, 0.15) is 0 Å². The zero-order valence-electron chi connectivity index (χ0n) is 11.4. The Hall–Kier alpha value is -1.18. The van der Waals surface area contributed by atoms with Crippen molar-refractivity contribution in [3.8, 4) is 0 Å². The number of hydrogen-bond donors (Lipinski definition) is 0. The Morgan fingerprint density at radius 3 is 2.16 bits per heavy atom. The maximum absolute atomic E-state index is 11.9. The Balaban J connectivity index is 2.77. The molecule has 0 aliphatic heterocycles. The lowest BCUT2D eigenvalue weighted by molar-refractivity contribution is -0.142. The van der Waals surface area contributed by atoms with Crippen molar-refractivity contribution in [2.24, 2.45) is 0 Å². The minimum Gasteiger partial charge on any atom is -0.518 e. The first-order chi connectivity index (χ1) is 8.62. The standard InChI is InChI=1S/C12H18O5SSi/c1-10(12(13)17-19(2,3)4)16-18(14,15)11-8-6-5-7-9-11/h5-10H,1-4H3. The van der Waals surface area contributed by atoms with Crippen LogP contribution in [-0.4, -0.2) is 28.8 Å². The molecule has 0 saturated heterocycles. The second-order valence-corrected chi connectivity index (χ2v) is 11.0. The Bertz CT molecular complexity index is 533. The smallest absolute Gasteiger partial charge is 0.323 e. The van der Waals surface area contributed by atoms with Crippen LogP contribution in [0.25, 0.3) is 0 Å². The molecule has 1 atom stereocenters. The van der Waals surface area contributed by atoms with Crippen LogP contribution in [0.15, 0.2) is 35.2 Å². The monoisotopic (exact) mass is 302 g/mol. The molecular formula is C12H18O5SSi. The summed E-state index contributed by atoms with van der Waals surface area (Å²) >= 11 is 0. The van der Waals surface area contributed by atoms with Gasteiger partial charge in [-0.25, -0.2) is 0 Å². The van der Waals surface area contributed by atoms with E-state index >= 15 is 0 Å². The fraction of sp³-hybridized carbons (Fsp3) is 0.417. The highest BCUT2D eigenvalue weighted by molar-refractivity contribution is 7.86. The summed E-state index contributed by atoms with van der Waals surface area (Å²) in [6.45, 7) is 6.87. The number of carbonyl (C=O) groups is 1. The van der Waals surface area contributed by atoms with Gasteiger partial charge in [0.15, 0.2) is 6.10 Å². The zero-order valence-corrected chi connectivity index (χ0v) is 13.2. The van der Waals surface area contributed by atoms with Gasteiger partial charge < -0.3 is 4.43 Å². The lowest BCUT2D eigenvalue weighted by Gasteiger charge is -2.20. The molecule has 0 aliphatic rings. The summed E-state index contributed by atoms with van der Waals surface area (Å²) in [7, 11) is -6.01. The predicted octanol–water partition coefficient (Wildman–Crippen LogP) is 2.16. The summed E-state index contributed by atoms with van der Waals surface area (Å²) in [5, 5.41) is 0. The van der Waals surface area contributed by atoms with Gasteiger partial charge in [-0.15, -0.1) is 0 Å². The Morgan fingerprint density at radius 1 is 1.16 bits per heavy atom. The van der Waals surface area contributed by atoms with Crippen molar-refractivity contribution in [2.45, 2.75) is 37.6 Å².